The topological polar surface area (TPSA) is 26.0 Å². The minimum absolute atomic E-state index is 0.589. The third-order valence-electron chi connectivity index (χ3n) is 2.42. The summed E-state index contributed by atoms with van der Waals surface area (Å²) in [5.74, 6) is 1.75. The monoisotopic (exact) mass is 179 g/mol. The summed E-state index contributed by atoms with van der Waals surface area (Å²) in [4.78, 5) is 1.44. The molecule has 0 amide bonds. The molecule has 64 valence electrons. The average Bonchev–Trinajstić information content (AvgIpc) is 2.49. The van der Waals surface area contributed by atoms with Crippen molar-refractivity contribution < 1.29 is 0 Å². The summed E-state index contributed by atoms with van der Waals surface area (Å²) in [6, 6.07) is 6.50. The first-order valence-corrected chi connectivity index (χ1v) is 5.24. The number of fused-ring (bicyclic) bond motifs is 1. The molecule has 2 rings (SSSR count). The van der Waals surface area contributed by atoms with Gasteiger partial charge < -0.3 is 5.73 Å². The van der Waals surface area contributed by atoms with Crippen LogP contribution in [0, 0.1) is 6.92 Å². The van der Waals surface area contributed by atoms with Crippen LogP contribution in [-0.4, -0.2) is 12.3 Å². The SMILES string of the molecule is Cc1cccc2c1C(CN)CS2. The summed E-state index contributed by atoms with van der Waals surface area (Å²) in [5, 5.41) is 0. The lowest BCUT2D eigenvalue weighted by molar-refractivity contribution is 0.780. The Morgan fingerprint density at radius 2 is 2.42 bits per heavy atom. The Labute approximate surface area is 77.3 Å². The van der Waals surface area contributed by atoms with Crippen molar-refractivity contribution in [1.82, 2.24) is 0 Å². The fourth-order valence-electron chi connectivity index (χ4n) is 1.76. The second-order valence-electron chi connectivity index (χ2n) is 3.23. The highest BCUT2D eigenvalue weighted by Gasteiger charge is 2.22. The van der Waals surface area contributed by atoms with E-state index in [1.165, 1.54) is 16.0 Å². The lowest BCUT2D eigenvalue weighted by atomic mass is 9.97. The Balaban J connectivity index is 2.48. The molecule has 1 aromatic carbocycles. The molecular formula is C10H13NS. The summed E-state index contributed by atoms with van der Waals surface area (Å²) in [5.41, 5.74) is 8.59. The second kappa shape index (κ2) is 3.11. The molecule has 0 spiro atoms. The van der Waals surface area contributed by atoms with Gasteiger partial charge in [0.05, 0.1) is 0 Å². The highest BCUT2D eigenvalue weighted by molar-refractivity contribution is 7.99. The van der Waals surface area contributed by atoms with Crippen LogP contribution in [0.5, 0.6) is 0 Å². The molecule has 1 nitrogen and oxygen atoms in total. The van der Waals surface area contributed by atoms with Crippen molar-refractivity contribution >= 4 is 11.8 Å². The summed E-state index contributed by atoms with van der Waals surface area (Å²) in [6.45, 7) is 2.96. The van der Waals surface area contributed by atoms with Gasteiger partial charge in [0, 0.05) is 23.1 Å². The first-order chi connectivity index (χ1) is 5.83. The highest BCUT2D eigenvalue weighted by atomic mass is 32.2. The van der Waals surface area contributed by atoms with Gasteiger partial charge in [-0.3, -0.25) is 0 Å². The quantitative estimate of drug-likeness (QED) is 0.715. The molecule has 2 N–H and O–H groups in total. The van der Waals surface area contributed by atoms with Crippen LogP contribution in [0.1, 0.15) is 17.0 Å². The molecule has 1 atom stereocenters. The van der Waals surface area contributed by atoms with Gasteiger partial charge in [-0.1, -0.05) is 12.1 Å². The van der Waals surface area contributed by atoms with Crippen molar-refractivity contribution in [3.8, 4) is 0 Å². The summed E-state index contributed by atoms with van der Waals surface area (Å²) >= 11 is 1.93. The minimum Gasteiger partial charge on any atom is -0.330 e. The predicted molar refractivity (Wildman–Crippen MR) is 53.7 cm³/mol. The van der Waals surface area contributed by atoms with Crippen LogP contribution in [-0.2, 0) is 0 Å². The fraction of sp³-hybridized carbons (Fsp3) is 0.400. The van der Waals surface area contributed by atoms with Gasteiger partial charge in [0.15, 0.2) is 0 Å². The van der Waals surface area contributed by atoms with Gasteiger partial charge in [-0.25, -0.2) is 0 Å². The maximum absolute atomic E-state index is 5.70. The molecular weight excluding hydrogens is 166 g/mol. The molecule has 0 fully saturated rings. The smallest absolute Gasteiger partial charge is 0.0110 e. The molecule has 0 radical (unpaired) electrons. The van der Waals surface area contributed by atoms with Crippen LogP contribution < -0.4 is 5.73 Å². The van der Waals surface area contributed by atoms with Crippen molar-refractivity contribution in [1.29, 1.82) is 0 Å². The van der Waals surface area contributed by atoms with E-state index in [4.69, 9.17) is 5.73 Å². The van der Waals surface area contributed by atoms with Crippen molar-refractivity contribution in [2.24, 2.45) is 5.73 Å². The van der Waals surface area contributed by atoms with Gasteiger partial charge in [0.1, 0.15) is 0 Å². The lowest BCUT2D eigenvalue weighted by Gasteiger charge is -2.09. The van der Waals surface area contributed by atoms with E-state index in [2.05, 4.69) is 25.1 Å². The number of benzene rings is 1. The molecule has 0 aromatic heterocycles. The fourth-order valence-corrected chi connectivity index (χ4v) is 3.10. The Morgan fingerprint density at radius 1 is 1.58 bits per heavy atom. The van der Waals surface area contributed by atoms with Crippen LogP contribution in [0.15, 0.2) is 23.1 Å². The van der Waals surface area contributed by atoms with Gasteiger partial charge in [-0.15, -0.1) is 11.8 Å². The number of nitrogens with two attached hydrogens (primary N) is 1. The zero-order valence-corrected chi connectivity index (χ0v) is 8.03. The Morgan fingerprint density at radius 3 is 3.17 bits per heavy atom. The van der Waals surface area contributed by atoms with Gasteiger partial charge in [-0.05, 0) is 24.1 Å². The van der Waals surface area contributed by atoms with E-state index in [0.29, 0.717) is 5.92 Å². The zero-order chi connectivity index (χ0) is 8.55. The molecule has 1 aliphatic rings. The van der Waals surface area contributed by atoms with Crippen LogP contribution in [0.4, 0.5) is 0 Å². The van der Waals surface area contributed by atoms with E-state index in [-0.39, 0.29) is 0 Å². The maximum atomic E-state index is 5.70. The van der Waals surface area contributed by atoms with Crippen molar-refractivity contribution in [2.75, 3.05) is 12.3 Å². The third kappa shape index (κ3) is 1.15. The Bertz CT molecular complexity index is 296. The van der Waals surface area contributed by atoms with Gasteiger partial charge >= 0.3 is 0 Å². The Hall–Kier alpha value is -0.470. The number of hydrogen-bond acceptors (Lipinski definition) is 2. The van der Waals surface area contributed by atoms with E-state index in [0.717, 1.165) is 12.3 Å². The molecule has 1 aromatic rings. The second-order valence-corrected chi connectivity index (χ2v) is 4.29. The molecule has 0 saturated heterocycles. The first kappa shape index (κ1) is 8.14. The van der Waals surface area contributed by atoms with Crippen molar-refractivity contribution in [2.45, 2.75) is 17.7 Å². The number of rotatable bonds is 1. The lowest BCUT2D eigenvalue weighted by Crippen LogP contribution is -2.12. The average molecular weight is 179 g/mol. The summed E-state index contributed by atoms with van der Waals surface area (Å²) in [7, 11) is 0. The maximum Gasteiger partial charge on any atom is 0.0110 e. The number of thioether (sulfide) groups is 1. The van der Waals surface area contributed by atoms with E-state index in [1.807, 2.05) is 11.8 Å². The minimum atomic E-state index is 0.589. The van der Waals surface area contributed by atoms with E-state index >= 15 is 0 Å². The molecule has 0 aliphatic carbocycles. The molecule has 1 heterocycles. The van der Waals surface area contributed by atoms with Crippen molar-refractivity contribution in [3.05, 3.63) is 29.3 Å². The van der Waals surface area contributed by atoms with E-state index in [1.54, 1.807) is 0 Å². The van der Waals surface area contributed by atoms with Gasteiger partial charge in [0.25, 0.3) is 0 Å². The van der Waals surface area contributed by atoms with E-state index in [9.17, 15) is 0 Å². The standard InChI is InChI=1S/C10H13NS/c1-7-3-2-4-9-10(7)8(5-11)6-12-9/h2-4,8H,5-6,11H2,1H3. The normalized spacial score (nSPS) is 21.0. The predicted octanol–water partition coefficient (Wildman–Crippen LogP) is 2.14. The van der Waals surface area contributed by atoms with Crippen LogP contribution in [0.25, 0.3) is 0 Å². The van der Waals surface area contributed by atoms with Crippen LogP contribution in [0.3, 0.4) is 0 Å². The van der Waals surface area contributed by atoms with Crippen LogP contribution in [0.2, 0.25) is 0 Å². The van der Waals surface area contributed by atoms with Gasteiger partial charge in [0.2, 0.25) is 0 Å². The molecule has 1 unspecified atom stereocenters. The summed E-state index contributed by atoms with van der Waals surface area (Å²) in [6.07, 6.45) is 0. The molecule has 2 heteroatoms. The highest BCUT2D eigenvalue weighted by Crippen LogP contribution is 2.40. The number of aryl methyl sites for hydroxylation is 1. The molecule has 0 bridgehead atoms. The largest absolute Gasteiger partial charge is 0.330 e. The summed E-state index contributed by atoms with van der Waals surface area (Å²) < 4.78 is 0. The molecule has 0 saturated carbocycles. The first-order valence-electron chi connectivity index (χ1n) is 4.25. The molecule has 1 aliphatic heterocycles. The number of hydrogen-bond donors (Lipinski definition) is 1. The zero-order valence-electron chi connectivity index (χ0n) is 7.21. The molecule has 12 heavy (non-hydrogen) atoms. The van der Waals surface area contributed by atoms with E-state index < -0.39 is 0 Å². The Kier molecular flexibility index (Phi) is 2.11. The third-order valence-corrected chi connectivity index (χ3v) is 3.65. The van der Waals surface area contributed by atoms with Crippen LogP contribution >= 0.6 is 11.8 Å². The van der Waals surface area contributed by atoms with Gasteiger partial charge in [-0.2, -0.15) is 0 Å². The van der Waals surface area contributed by atoms with Crippen molar-refractivity contribution in [3.63, 3.8) is 0 Å².